The Morgan fingerprint density at radius 3 is 2.60 bits per heavy atom. The molecule has 1 aromatic carbocycles. The first-order valence-corrected chi connectivity index (χ1v) is 5.44. The van der Waals surface area contributed by atoms with Crippen LogP contribution in [-0.2, 0) is 9.53 Å². The highest BCUT2D eigenvalue weighted by molar-refractivity contribution is 5.77. The van der Waals surface area contributed by atoms with E-state index in [2.05, 4.69) is 12.1 Å². The quantitative estimate of drug-likeness (QED) is 0.708. The van der Waals surface area contributed by atoms with Crippen LogP contribution in [-0.4, -0.2) is 12.1 Å². The fourth-order valence-corrected chi connectivity index (χ4v) is 1.84. The fourth-order valence-electron chi connectivity index (χ4n) is 1.84. The maximum absolute atomic E-state index is 11.6. The normalized spacial score (nSPS) is 23.9. The van der Waals surface area contributed by atoms with Crippen LogP contribution in [0, 0.1) is 5.92 Å². The third-order valence-corrected chi connectivity index (χ3v) is 2.67. The van der Waals surface area contributed by atoms with E-state index in [9.17, 15) is 4.79 Å². The lowest BCUT2D eigenvalue weighted by molar-refractivity contribution is -0.149. The van der Waals surface area contributed by atoms with Crippen LogP contribution in [0.15, 0.2) is 30.3 Å². The Kier molecular flexibility index (Phi) is 2.76. The molecular formula is C13H16O2. The zero-order valence-electron chi connectivity index (χ0n) is 9.14. The third-order valence-electron chi connectivity index (χ3n) is 2.67. The van der Waals surface area contributed by atoms with Crippen LogP contribution in [0.4, 0.5) is 0 Å². The lowest BCUT2D eigenvalue weighted by Gasteiger charge is -2.07. The summed E-state index contributed by atoms with van der Waals surface area (Å²) in [5, 5.41) is 0. The van der Waals surface area contributed by atoms with Gasteiger partial charge >= 0.3 is 5.97 Å². The van der Waals surface area contributed by atoms with E-state index in [0.717, 1.165) is 6.42 Å². The van der Waals surface area contributed by atoms with E-state index in [4.69, 9.17) is 4.74 Å². The molecule has 0 aliphatic heterocycles. The summed E-state index contributed by atoms with van der Waals surface area (Å²) in [7, 11) is 0. The SMILES string of the molecule is CC(C)OC(=O)C1CC1c1ccccc1. The van der Waals surface area contributed by atoms with E-state index in [1.54, 1.807) is 0 Å². The number of benzene rings is 1. The van der Waals surface area contributed by atoms with Crippen molar-refractivity contribution in [1.29, 1.82) is 0 Å². The maximum atomic E-state index is 11.6. The molecule has 0 radical (unpaired) electrons. The summed E-state index contributed by atoms with van der Waals surface area (Å²) in [4.78, 5) is 11.6. The van der Waals surface area contributed by atoms with E-state index >= 15 is 0 Å². The van der Waals surface area contributed by atoms with Crippen LogP contribution >= 0.6 is 0 Å². The van der Waals surface area contributed by atoms with Gasteiger partial charge < -0.3 is 4.74 Å². The summed E-state index contributed by atoms with van der Waals surface area (Å²) in [5.74, 6) is 0.436. The van der Waals surface area contributed by atoms with Gasteiger partial charge in [-0.1, -0.05) is 30.3 Å². The topological polar surface area (TPSA) is 26.3 Å². The van der Waals surface area contributed by atoms with Crippen molar-refractivity contribution in [2.24, 2.45) is 5.92 Å². The molecule has 2 unspecified atom stereocenters. The number of hydrogen-bond donors (Lipinski definition) is 0. The molecule has 0 N–H and O–H groups in total. The first-order chi connectivity index (χ1) is 7.18. The number of hydrogen-bond acceptors (Lipinski definition) is 2. The summed E-state index contributed by atoms with van der Waals surface area (Å²) in [6.07, 6.45) is 0.935. The van der Waals surface area contributed by atoms with E-state index in [1.165, 1.54) is 5.56 Å². The largest absolute Gasteiger partial charge is 0.463 e. The summed E-state index contributed by atoms with van der Waals surface area (Å²) >= 11 is 0. The molecule has 1 aliphatic carbocycles. The van der Waals surface area contributed by atoms with Crippen molar-refractivity contribution in [2.45, 2.75) is 32.3 Å². The van der Waals surface area contributed by atoms with Gasteiger partial charge in [-0.15, -0.1) is 0 Å². The first-order valence-electron chi connectivity index (χ1n) is 5.44. The molecule has 0 aromatic heterocycles. The Hall–Kier alpha value is -1.31. The highest BCUT2D eigenvalue weighted by atomic mass is 16.5. The molecule has 15 heavy (non-hydrogen) atoms. The monoisotopic (exact) mass is 204 g/mol. The number of ether oxygens (including phenoxy) is 1. The number of carbonyl (C=O) groups excluding carboxylic acids is 1. The molecule has 0 amide bonds. The minimum Gasteiger partial charge on any atom is -0.463 e. The van der Waals surface area contributed by atoms with Gasteiger partial charge in [-0.3, -0.25) is 4.79 Å². The second-order valence-electron chi connectivity index (χ2n) is 4.35. The maximum Gasteiger partial charge on any atom is 0.309 e. The van der Waals surface area contributed by atoms with Crippen molar-refractivity contribution in [3.8, 4) is 0 Å². The van der Waals surface area contributed by atoms with E-state index < -0.39 is 0 Å². The lowest BCUT2D eigenvalue weighted by Crippen LogP contribution is -2.13. The Labute approximate surface area is 90.3 Å². The Bertz CT molecular complexity index is 343. The molecule has 2 heteroatoms. The van der Waals surface area contributed by atoms with E-state index in [0.29, 0.717) is 5.92 Å². The molecule has 1 fully saturated rings. The van der Waals surface area contributed by atoms with E-state index in [-0.39, 0.29) is 18.0 Å². The van der Waals surface area contributed by atoms with E-state index in [1.807, 2.05) is 32.0 Å². The highest BCUT2D eigenvalue weighted by Crippen LogP contribution is 2.48. The minimum atomic E-state index is -0.0427. The molecular weight excluding hydrogens is 188 g/mol. The first kappa shape index (κ1) is 10.2. The smallest absolute Gasteiger partial charge is 0.309 e. The van der Waals surface area contributed by atoms with Gasteiger partial charge in [-0.25, -0.2) is 0 Å². The van der Waals surface area contributed by atoms with Gasteiger partial charge in [-0.05, 0) is 31.7 Å². The second kappa shape index (κ2) is 4.05. The summed E-state index contributed by atoms with van der Waals surface area (Å²) in [6, 6.07) is 10.2. The van der Waals surface area contributed by atoms with Crippen LogP contribution in [0.5, 0.6) is 0 Å². The van der Waals surface area contributed by atoms with Gasteiger partial charge in [0.1, 0.15) is 0 Å². The fraction of sp³-hybridized carbons (Fsp3) is 0.462. The van der Waals surface area contributed by atoms with Crippen LogP contribution in [0.2, 0.25) is 0 Å². The Morgan fingerprint density at radius 1 is 1.33 bits per heavy atom. The zero-order valence-corrected chi connectivity index (χ0v) is 9.14. The highest BCUT2D eigenvalue weighted by Gasteiger charge is 2.45. The van der Waals surface area contributed by atoms with Gasteiger partial charge in [0.05, 0.1) is 12.0 Å². The average Bonchev–Trinajstić information content (AvgIpc) is 2.97. The van der Waals surface area contributed by atoms with Crippen LogP contribution < -0.4 is 0 Å². The molecule has 0 bridgehead atoms. The Morgan fingerprint density at radius 2 is 2.00 bits per heavy atom. The van der Waals surface area contributed by atoms with Crippen molar-refractivity contribution in [2.75, 3.05) is 0 Å². The van der Waals surface area contributed by atoms with Gasteiger partial charge in [0.15, 0.2) is 0 Å². The van der Waals surface area contributed by atoms with Crippen molar-refractivity contribution in [1.82, 2.24) is 0 Å². The molecule has 1 aliphatic rings. The molecule has 0 spiro atoms. The van der Waals surface area contributed by atoms with Gasteiger partial charge in [0.2, 0.25) is 0 Å². The molecule has 1 aromatic rings. The van der Waals surface area contributed by atoms with Gasteiger partial charge in [-0.2, -0.15) is 0 Å². The van der Waals surface area contributed by atoms with Crippen molar-refractivity contribution in [3.63, 3.8) is 0 Å². The molecule has 80 valence electrons. The predicted octanol–water partition coefficient (Wildman–Crippen LogP) is 2.74. The van der Waals surface area contributed by atoms with Crippen molar-refractivity contribution >= 4 is 5.97 Å². The van der Waals surface area contributed by atoms with Crippen LogP contribution in [0.3, 0.4) is 0 Å². The summed E-state index contributed by atoms with van der Waals surface area (Å²) < 4.78 is 5.19. The third kappa shape index (κ3) is 2.38. The summed E-state index contributed by atoms with van der Waals surface area (Å²) in [5.41, 5.74) is 1.25. The van der Waals surface area contributed by atoms with Gasteiger partial charge in [0.25, 0.3) is 0 Å². The standard InChI is InChI=1S/C13H16O2/c1-9(2)15-13(14)12-8-11(12)10-6-4-3-5-7-10/h3-7,9,11-12H,8H2,1-2H3. The number of rotatable bonds is 3. The average molecular weight is 204 g/mol. The minimum absolute atomic E-state index is 0.00507. The zero-order chi connectivity index (χ0) is 10.8. The molecule has 2 atom stereocenters. The summed E-state index contributed by atoms with van der Waals surface area (Å²) in [6.45, 7) is 3.77. The lowest BCUT2D eigenvalue weighted by atomic mass is 10.1. The predicted molar refractivity (Wildman–Crippen MR) is 58.5 cm³/mol. The molecule has 2 rings (SSSR count). The second-order valence-corrected chi connectivity index (χ2v) is 4.35. The van der Waals surface area contributed by atoms with Crippen LogP contribution in [0.1, 0.15) is 31.7 Å². The van der Waals surface area contributed by atoms with Crippen molar-refractivity contribution < 1.29 is 9.53 Å². The number of carbonyl (C=O) groups is 1. The van der Waals surface area contributed by atoms with Crippen molar-refractivity contribution in [3.05, 3.63) is 35.9 Å². The van der Waals surface area contributed by atoms with Gasteiger partial charge in [0, 0.05) is 0 Å². The molecule has 2 nitrogen and oxygen atoms in total. The molecule has 0 heterocycles. The number of esters is 1. The molecule has 0 saturated heterocycles. The molecule has 1 saturated carbocycles. The Balaban J connectivity index is 1.94. The van der Waals surface area contributed by atoms with Crippen LogP contribution in [0.25, 0.3) is 0 Å².